The third-order valence-electron chi connectivity index (χ3n) is 4.00. The molecule has 0 aliphatic carbocycles. The molecule has 0 saturated carbocycles. The number of piperidine rings is 1. The number of aryl methyl sites for hydroxylation is 2. The summed E-state index contributed by atoms with van der Waals surface area (Å²) in [5, 5.41) is 12.0. The lowest BCUT2D eigenvalue weighted by molar-refractivity contribution is 0.0924. The normalized spacial score (nSPS) is 23.1. The van der Waals surface area contributed by atoms with Crippen LogP contribution < -0.4 is 10.6 Å². The van der Waals surface area contributed by atoms with E-state index in [1.165, 1.54) is 11.3 Å². The number of fused-ring (bicyclic) bond motifs is 1. The Balaban J connectivity index is 1.80. The first-order valence-corrected chi connectivity index (χ1v) is 7.85. The minimum atomic E-state index is 0.0335. The van der Waals surface area contributed by atoms with Crippen molar-refractivity contribution in [2.24, 2.45) is 7.05 Å². The Morgan fingerprint density at radius 2 is 2.40 bits per heavy atom. The Morgan fingerprint density at radius 1 is 1.60 bits per heavy atom. The van der Waals surface area contributed by atoms with Gasteiger partial charge in [0.05, 0.1) is 10.6 Å². The van der Waals surface area contributed by atoms with E-state index in [0.717, 1.165) is 40.2 Å². The molecule has 0 bridgehead atoms. The van der Waals surface area contributed by atoms with E-state index in [1.54, 1.807) is 0 Å². The fraction of sp³-hybridized carbons (Fsp3) is 0.571. The van der Waals surface area contributed by atoms with Gasteiger partial charge in [0.25, 0.3) is 5.91 Å². The Morgan fingerprint density at radius 3 is 3.10 bits per heavy atom. The topological polar surface area (TPSA) is 59.0 Å². The second-order valence-corrected chi connectivity index (χ2v) is 6.53. The Hall–Kier alpha value is -1.40. The van der Waals surface area contributed by atoms with Crippen LogP contribution in [0.25, 0.3) is 10.2 Å². The van der Waals surface area contributed by atoms with Crippen molar-refractivity contribution in [2.45, 2.75) is 38.8 Å². The van der Waals surface area contributed by atoms with Crippen LogP contribution in [0.4, 0.5) is 0 Å². The fourth-order valence-corrected chi connectivity index (χ4v) is 3.82. The maximum atomic E-state index is 12.4. The molecule has 1 amide bonds. The second-order valence-electron chi connectivity index (χ2n) is 5.50. The highest BCUT2D eigenvalue weighted by atomic mass is 32.1. The number of amides is 1. The van der Waals surface area contributed by atoms with E-state index in [4.69, 9.17) is 0 Å². The standard InChI is InChI=1S/C14H20N4OS/c1-8-10-7-12(20-14(10)18(3)17-8)13(19)16-11-5-4-6-15-9(11)2/h7,9,11,15H,4-6H2,1-3H3,(H,16,19). The molecule has 2 atom stereocenters. The predicted molar refractivity (Wildman–Crippen MR) is 81.3 cm³/mol. The van der Waals surface area contributed by atoms with Crippen LogP contribution >= 0.6 is 11.3 Å². The molecule has 1 saturated heterocycles. The van der Waals surface area contributed by atoms with Crippen molar-refractivity contribution in [1.82, 2.24) is 20.4 Å². The molecule has 108 valence electrons. The quantitative estimate of drug-likeness (QED) is 0.887. The molecular weight excluding hydrogens is 272 g/mol. The number of thiophene rings is 1. The van der Waals surface area contributed by atoms with Crippen molar-refractivity contribution in [2.75, 3.05) is 6.54 Å². The first kappa shape index (κ1) is 13.6. The van der Waals surface area contributed by atoms with Gasteiger partial charge in [0, 0.05) is 24.5 Å². The molecule has 1 aliphatic heterocycles. The van der Waals surface area contributed by atoms with Gasteiger partial charge < -0.3 is 10.6 Å². The van der Waals surface area contributed by atoms with Gasteiger partial charge in [-0.15, -0.1) is 11.3 Å². The molecular formula is C14H20N4OS. The third-order valence-corrected chi connectivity index (χ3v) is 5.20. The van der Waals surface area contributed by atoms with Gasteiger partial charge >= 0.3 is 0 Å². The number of hydrogen-bond acceptors (Lipinski definition) is 4. The Kier molecular flexibility index (Phi) is 3.52. The van der Waals surface area contributed by atoms with E-state index in [2.05, 4.69) is 22.7 Å². The minimum Gasteiger partial charge on any atom is -0.347 e. The number of hydrogen-bond donors (Lipinski definition) is 2. The average Bonchev–Trinajstić information content (AvgIpc) is 2.95. The summed E-state index contributed by atoms with van der Waals surface area (Å²) in [5.41, 5.74) is 0.977. The van der Waals surface area contributed by atoms with E-state index < -0.39 is 0 Å². The average molecular weight is 292 g/mol. The molecule has 2 N–H and O–H groups in total. The lowest BCUT2D eigenvalue weighted by Crippen LogP contribution is -2.51. The highest BCUT2D eigenvalue weighted by Crippen LogP contribution is 2.27. The fourth-order valence-electron chi connectivity index (χ4n) is 2.80. The van der Waals surface area contributed by atoms with Crippen molar-refractivity contribution in [1.29, 1.82) is 0 Å². The van der Waals surface area contributed by atoms with Crippen LogP contribution in [0.1, 0.15) is 35.1 Å². The monoisotopic (exact) mass is 292 g/mol. The summed E-state index contributed by atoms with van der Waals surface area (Å²) >= 11 is 1.51. The van der Waals surface area contributed by atoms with Crippen molar-refractivity contribution in [3.05, 3.63) is 16.6 Å². The van der Waals surface area contributed by atoms with Crippen molar-refractivity contribution in [3.8, 4) is 0 Å². The molecule has 1 fully saturated rings. The zero-order chi connectivity index (χ0) is 14.3. The zero-order valence-corrected chi connectivity index (χ0v) is 12.9. The summed E-state index contributed by atoms with van der Waals surface area (Å²) in [4.78, 5) is 14.2. The molecule has 3 heterocycles. The van der Waals surface area contributed by atoms with Gasteiger partial charge in [-0.3, -0.25) is 9.48 Å². The smallest absolute Gasteiger partial charge is 0.261 e. The lowest BCUT2D eigenvalue weighted by atomic mass is 10.00. The summed E-state index contributed by atoms with van der Waals surface area (Å²) < 4.78 is 1.84. The van der Waals surface area contributed by atoms with Gasteiger partial charge in [-0.2, -0.15) is 5.10 Å². The van der Waals surface area contributed by atoms with Crippen molar-refractivity contribution in [3.63, 3.8) is 0 Å². The van der Waals surface area contributed by atoms with Crippen LogP contribution in [0.15, 0.2) is 6.07 Å². The number of carbonyl (C=O) groups is 1. The molecule has 6 heteroatoms. The van der Waals surface area contributed by atoms with Gasteiger partial charge in [-0.25, -0.2) is 0 Å². The summed E-state index contributed by atoms with van der Waals surface area (Å²) in [6, 6.07) is 2.52. The Bertz CT molecular complexity index is 610. The van der Waals surface area contributed by atoms with E-state index in [-0.39, 0.29) is 11.9 Å². The van der Waals surface area contributed by atoms with Crippen molar-refractivity contribution < 1.29 is 4.79 Å². The van der Waals surface area contributed by atoms with Gasteiger partial charge in [0.2, 0.25) is 0 Å². The van der Waals surface area contributed by atoms with E-state index in [1.807, 2.05) is 24.7 Å². The Labute approximate surface area is 122 Å². The number of nitrogens with zero attached hydrogens (tertiary/aromatic N) is 2. The van der Waals surface area contributed by atoms with Crippen LogP contribution in [0.3, 0.4) is 0 Å². The third kappa shape index (κ3) is 2.33. The number of rotatable bonds is 2. The molecule has 2 aromatic rings. The van der Waals surface area contributed by atoms with Crippen LogP contribution in [-0.2, 0) is 7.05 Å². The first-order chi connectivity index (χ1) is 9.56. The summed E-state index contributed by atoms with van der Waals surface area (Å²) in [5.74, 6) is 0.0335. The van der Waals surface area contributed by atoms with Crippen LogP contribution in [0, 0.1) is 6.92 Å². The molecule has 20 heavy (non-hydrogen) atoms. The van der Waals surface area contributed by atoms with Crippen molar-refractivity contribution >= 4 is 27.5 Å². The molecule has 0 spiro atoms. The largest absolute Gasteiger partial charge is 0.347 e. The number of carbonyl (C=O) groups excluding carboxylic acids is 1. The maximum absolute atomic E-state index is 12.4. The first-order valence-electron chi connectivity index (χ1n) is 7.03. The lowest BCUT2D eigenvalue weighted by Gasteiger charge is -2.30. The summed E-state index contributed by atoms with van der Waals surface area (Å²) in [7, 11) is 1.92. The number of aromatic nitrogens is 2. The van der Waals surface area contributed by atoms with E-state index >= 15 is 0 Å². The number of nitrogens with one attached hydrogen (secondary N) is 2. The zero-order valence-electron chi connectivity index (χ0n) is 12.1. The molecule has 0 aromatic carbocycles. The highest BCUT2D eigenvalue weighted by Gasteiger charge is 2.24. The minimum absolute atomic E-state index is 0.0335. The predicted octanol–water partition coefficient (Wildman–Crippen LogP) is 1.81. The molecule has 3 rings (SSSR count). The molecule has 5 nitrogen and oxygen atoms in total. The summed E-state index contributed by atoms with van der Waals surface area (Å²) in [6.45, 7) is 5.15. The highest BCUT2D eigenvalue weighted by molar-refractivity contribution is 7.20. The van der Waals surface area contributed by atoms with E-state index in [9.17, 15) is 4.79 Å². The van der Waals surface area contributed by atoms with Gasteiger partial charge in [-0.05, 0) is 39.3 Å². The van der Waals surface area contributed by atoms with Crippen LogP contribution in [-0.4, -0.2) is 34.3 Å². The maximum Gasteiger partial charge on any atom is 0.261 e. The molecule has 0 radical (unpaired) electrons. The van der Waals surface area contributed by atoms with Crippen LogP contribution in [0.5, 0.6) is 0 Å². The molecule has 2 aromatic heterocycles. The van der Waals surface area contributed by atoms with E-state index in [0.29, 0.717) is 6.04 Å². The SMILES string of the molecule is Cc1nn(C)c2sc(C(=O)NC3CCCNC3C)cc12. The molecule has 1 aliphatic rings. The summed E-state index contributed by atoms with van der Waals surface area (Å²) in [6.07, 6.45) is 2.16. The second kappa shape index (κ2) is 5.18. The van der Waals surface area contributed by atoms with Gasteiger partial charge in [0.15, 0.2) is 0 Å². The molecule has 2 unspecified atom stereocenters. The van der Waals surface area contributed by atoms with Crippen LogP contribution in [0.2, 0.25) is 0 Å². The van der Waals surface area contributed by atoms with Gasteiger partial charge in [0.1, 0.15) is 4.83 Å². The van der Waals surface area contributed by atoms with Gasteiger partial charge in [-0.1, -0.05) is 0 Å².